The van der Waals surface area contributed by atoms with E-state index in [-0.39, 0.29) is 0 Å². The van der Waals surface area contributed by atoms with Crippen molar-refractivity contribution in [1.29, 1.82) is 0 Å². The Morgan fingerprint density at radius 1 is 1.33 bits per heavy atom. The fourth-order valence-corrected chi connectivity index (χ4v) is 0.989. The Morgan fingerprint density at radius 2 is 2.17 bits per heavy atom. The molecule has 0 aromatic carbocycles. The molecule has 0 radical (unpaired) electrons. The lowest BCUT2D eigenvalue weighted by Crippen LogP contribution is -1.93. The van der Waals surface area contributed by atoms with Gasteiger partial charge < -0.3 is 4.52 Å². The molecule has 0 aliphatic carbocycles. The highest BCUT2D eigenvalue weighted by Gasteiger charge is 2.05. The molecule has 0 amide bonds. The number of fused-ring (bicyclic) bond motifs is 1. The van der Waals surface area contributed by atoms with Crippen molar-refractivity contribution in [2.24, 2.45) is 0 Å². The predicted octanol–water partition coefficient (Wildman–Crippen LogP) is 1.74. The average molecular weight is 163 g/mol. The zero-order chi connectivity index (χ0) is 8.55. The monoisotopic (exact) mass is 163 g/mol. The Balaban J connectivity index is 2.60. The molecule has 2 aromatic heterocycles. The summed E-state index contributed by atoms with van der Waals surface area (Å²) in [5, 5.41) is 12.4. The molecular formula is C8H9N3O. The third-order valence-corrected chi connectivity index (χ3v) is 1.73. The summed E-state index contributed by atoms with van der Waals surface area (Å²) < 4.78 is 4.83. The second kappa shape index (κ2) is 2.55. The van der Waals surface area contributed by atoms with E-state index in [1.165, 1.54) is 0 Å². The van der Waals surface area contributed by atoms with Gasteiger partial charge in [0, 0.05) is 0 Å². The van der Waals surface area contributed by atoms with Gasteiger partial charge in [-0.25, -0.2) is 0 Å². The average Bonchev–Trinajstić information content (AvgIpc) is 2.49. The molecule has 0 spiro atoms. The van der Waals surface area contributed by atoms with Crippen molar-refractivity contribution in [3.8, 4) is 0 Å². The summed E-state index contributed by atoms with van der Waals surface area (Å²) in [5.41, 5.74) is 1.46. The Hall–Kier alpha value is -1.45. The quantitative estimate of drug-likeness (QED) is 0.642. The van der Waals surface area contributed by atoms with Crippen LogP contribution in [0.1, 0.15) is 25.5 Å². The molecule has 2 aromatic rings. The van der Waals surface area contributed by atoms with Crippen LogP contribution in [0.4, 0.5) is 0 Å². The summed E-state index contributed by atoms with van der Waals surface area (Å²) in [7, 11) is 0. The van der Waals surface area contributed by atoms with Crippen molar-refractivity contribution >= 4 is 11.1 Å². The maximum Gasteiger partial charge on any atom is 0.276 e. The molecule has 0 saturated heterocycles. The minimum absolute atomic E-state index is 0.386. The molecule has 0 bridgehead atoms. The lowest BCUT2D eigenvalue weighted by molar-refractivity contribution is 0.445. The fraction of sp³-hybridized carbons (Fsp3) is 0.375. The Labute approximate surface area is 69.6 Å². The first-order valence-corrected chi connectivity index (χ1v) is 3.85. The number of hydrogen-bond donors (Lipinski definition) is 0. The van der Waals surface area contributed by atoms with E-state index in [1.54, 1.807) is 6.20 Å². The first kappa shape index (κ1) is 7.21. The normalized spacial score (nSPS) is 11.2. The van der Waals surface area contributed by atoms with Crippen LogP contribution in [0.15, 0.2) is 16.8 Å². The SMILES string of the molecule is CC(C)c1cc2cnoc2nn1. The lowest BCUT2D eigenvalue weighted by atomic mass is 10.1. The third kappa shape index (κ3) is 1.05. The molecule has 0 saturated carbocycles. The second-order valence-corrected chi connectivity index (χ2v) is 3.01. The standard InChI is InChI=1S/C8H9N3O/c1-5(2)7-3-6-4-9-12-8(6)11-10-7/h3-5H,1-2H3. The highest BCUT2D eigenvalue weighted by atomic mass is 16.5. The largest absolute Gasteiger partial charge is 0.334 e. The smallest absolute Gasteiger partial charge is 0.276 e. The number of hydrogen-bond acceptors (Lipinski definition) is 4. The summed E-state index contributed by atoms with van der Waals surface area (Å²) in [5.74, 6) is 0.386. The van der Waals surface area contributed by atoms with E-state index in [1.807, 2.05) is 6.07 Å². The molecule has 0 aliphatic rings. The minimum Gasteiger partial charge on any atom is -0.334 e. The van der Waals surface area contributed by atoms with Gasteiger partial charge in [0.25, 0.3) is 5.71 Å². The van der Waals surface area contributed by atoms with Crippen LogP contribution in [-0.2, 0) is 0 Å². The first-order chi connectivity index (χ1) is 5.77. The molecule has 62 valence electrons. The Kier molecular flexibility index (Phi) is 1.53. The van der Waals surface area contributed by atoms with Crippen molar-refractivity contribution in [1.82, 2.24) is 15.4 Å². The topological polar surface area (TPSA) is 51.8 Å². The van der Waals surface area contributed by atoms with Gasteiger partial charge in [-0.1, -0.05) is 19.0 Å². The van der Waals surface area contributed by atoms with Crippen molar-refractivity contribution in [3.05, 3.63) is 18.0 Å². The summed E-state index contributed by atoms with van der Waals surface area (Å²) in [6.45, 7) is 4.15. The molecule has 12 heavy (non-hydrogen) atoms. The van der Waals surface area contributed by atoms with Crippen LogP contribution in [0.25, 0.3) is 11.1 Å². The van der Waals surface area contributed by atoms with E-state index in [9.17, 15) is 0 Å². The summed E-state index contributed by atoms with van der Waals surface area (Å²) in [6.07, 6.45) is 1.65. The van der Waals surface area contributed by atoms with Crippen LogP contribution < -0.4 is 0 Å². The van der Waals surface area contributed by atoms with E-state index in [2.05, 4.69) is 29.2 Å². The molecule has 4 nitrogen and oxygen atoms in total. The molecule has 0 atom stereocenters. The Bertz CT molecular complexity index is 394. The maximum absolute atomic E-state index is 4.83. The molecule has 4 heteroatoms. The van der Waals surface area contributed by atoms with Crippen LogP contribution in [0.5, 0.6) is 0 Å². The van der Waals surface area contributed by atoms with Gasteiger partial charge in [-0.2, -0.15) is 5.10 Å². The molecule has 0 N–H and O–H groups in total. The van der Waals surface area contributed by atoms with Crippen molar-refractivity contribution in [3.63, 3.8) is 0 Å². The van der Waals surface area contributed by atoms with Crippen LogP contribution in [0.2, 0.25) is 0 Å². The van der Waals surface area contributed by atoms with E-state index in [0.717, 1.165) is 11.1 Å². The van der Waals surface area contributed by atoms with Gasteiger partial charge in [0.05, 0.1) is 17.3 Å². The first-order valence-electron chi connectivity index (χ1n) is 3.85. The van der Waals surface area contributed by atoms with Crippen molar-refractivity contribution in [2.75, 3.05) is 0 Å². The van der Waals surface area contributed by atoms with Gasteiger partial charge in [0.2, 0.25) is 0 Å². The zero-order valence-electron chi connectivity index (χ0n) is 6.98. The van der Waals surface area contributed by atoms with Gasteiger partial charge >= 0.3 is 0 Å². The van der Waals surface area contributed by atoms with Crippen LogP contribution >= 0.6 is 0 Å². The van der Waals surface area contributed by atoms with E-state index in [0.29, 0.717) is 11.6 Å². The number of aromatic nitrogens is 3. The molecule has 0 fully saturated rings. The third-order valence-electron chi connectivity index (χ3n) is 1.73. The number of rotatable bonds is 1. The van der Waals surface area contributed by atoms with Gasteiger partial charge in [-0.05, 0) is 12.0 Å². The van der Waals surface area contributed by atoms with Gasteiger partial charge in [-0.15, -0.1) is 5.10 Å². The molecular weight excluding hydrogens is 154 g/mol. The molecule has 2 rings (SSSR count). The van der Waals surface area contributed by atoms with Gasteiger partial charge in [0.1, 0.15) is 0 Å². The van der Waals surface area contributed by atoms with E-state index < -0.39 is 0 Å². The molecule has 0 unspecified atom stereocenters. The van der Waals surface area contributed by atoms with Gasteiger partial charge in [0.15, 0.2) is 0 Å². The molecule has 2 heterocycles. The van der Waals surface area contributed by atoms with Crippen LogP contribution in [0.3, 0.4) is 0 Å². The van der Waals surface area contributed by atoms with E-state index in [4.69, 9.17) is 4.52 Å². The van der Waals surface area contributed by atoms with Gasteiger partial charge in [-0.3, -0.25) is 0 Å². The van der Waals surface area contributed by atoms with Crippen LogP contribution in [-0.4, -0.2) is 15.4 Å². The minimum atomic E-state index is 0.386. The van der Waals surface area contributed by atoms with Crippen LogP contribution in [0, 0.1) is 0 Å². The van der Waals surface area contributed by atoms with E-state index >= 15 is 0 Å². The highest BCUT2D eigenvalue weighted by molar-refractivity contribution is 5.71. The summed E-state index contributed by atoms with van der Waals surface area (Å²) >= 11 is 0. The molecule has 0 aliphatic heterocycles. The highest BCUT2D eigenvalue weighted by Crippen LogP contribution is 2.15. The lowest BCUT2D eigenvalue weighted by Gasteiger charge is -2.00. The van der Waals surface area contributed by atoms with Crippen molar-refractivity contribution < 1.29 is 4.52 Å². The Morgan fingerprint density at radius 3 is 2.92 bits per heavy atom. The fourth-order valence-electron chi connectivity index (χ4n) is 0.989. The summed E-state index contributed by atoms with van der Waals surface area (Å²) in [4.78, 5) is 0. The predicted molar refractivity (Wildman–Crippen MR) is 43.7 cm³/mol. The number of nitrogens with zero attached hydrogens (tertiary/aromatic N) is 3. The zero-order valence-corrected chi connectivity index (χ0v) is 6.98. The van der Waals surface area contributed by atoms with Crippen molar-refractivity contribution in [2.45, 2.75) is 19.8 Å². The summed E-state index contributed by atoms with van der Waals surface area (Å²) in [6, 6.07) is 1.95. The second-order valence-electron chi connectivity index (χ2n) is 3.01. The maximum atomic E-state index is 4.83.